The summed E-state index contributed by atoms with van der Waals surface area (Å²) in [5.74, 6) is 0.124. The maximum Gasteiger partial charge on any atom is 0.311 e. The first-order valence-electron chi connectivity index (χ1n) is 14.1. The molecular formula is C32H37N5O3. The van der Waals surface area contributed by atoms with Crippen LogP contribution in [-0.4, -0.2) is 34.0 Å². The Kier molecular flexibility index (Phi) is 7.26. The zero-order chi connectivity index (χ0) is 28.7. The van der Waals surface area contributed by atoms with Crippen molar-refractivity contribution < 1.29 is 14.3 Å². The lowest BCUT2D eigenvalue weighted by Gasteiger charge is -2.54. The van der Waals surface area contributed by atoms with Crippen molar-refractivity contribution >= 4 is 17.6 Å². The summed E-state index contributed by atoms with van der Waals surface area (Å²) in [6, 6.07) is 13.6. The second-order valence-corrected chi connectivity index (χ2v) is 12.0. The zero-order valence-electron chi connectivity index (χ0n) is 24.0. The van der Waals surface area contributed by atoms with Crippen molar-refractivity contribution in [1.29, 1.82) is 5.26 Å². The van der Waals surface area contributed by atoms with Crippen LogP contribution in [0.15, 0.2) is 42.6 Å². The number of esters is 1. The molecule has 0 radical (unpaired) electrons. The molecule has 5 rings (SSSR count). The van der Waals surface area contributed by atoms with Crippen molar-refractivity contribution in [3.63, 3.8) is 0 Å². The number of aromatic nitrogens is 3. The highest BCUT2D eigenvalue weighted by Gasteiger charge is 2.56. The van der Waals surface area contributed by atoms with E-state index in [1.807, 2.05) is 12.1 Å². The molecule has 1 amide bonds. The Bertz CT molecular complexity index is 1490. The quantitative estimate of drug-likeness (QED) is 0.399. The van der Waals surface area contributed by atoms with Crippen molar-refractivity contribution in [2.45, 2.75) is 77.7 Å². The Morgan fingerprint density at radius 3 is 2.60 bits per heavy atom. The molecule has 1 N–H and O–H groups in total. The number of anilines is 1. The molecule has 40 heavy (non-hydrogen) atoms. The number of hydrogen-bond donors (Lipinski definition) is 1. The summed E-state index contributed by atoms with van der Waals surface area (Å²) in [5.41, 5.74) is 5.79. The van der Waals surface area contributed by atoms with Gasteiger partial charge in [0.1, 0.15) is 12.2 Å². The SMILES string of the molecule is COC(=O)[C@]1(C)CCC[C@]2(C)c3ccc(C(C)C)c(NC(=O)Cn4cc(-c5ccc(C#N)cc5)nn4)c3CC[C@@H]12. The first kappa shape index (κ1) is 27.6. The molecule has 208 valence electrons. The predicted molar refractivity (Wildman–Crippen MR) is 152 cm³/mol. The molecule has 1 saturated carbocycles. The number of ether oxygens (including phenoxy) is 1. The second-order valence-electron chi connectivity index (χ2n) is 12.0. The summed E-state index contributed by atoms with van der Waals surface area (Å²) in [6.45, 7) is 8.67. The molecule has 1 heterocycles. The van der Waals surface area contributed by atoms with E-state index in [1.165, 1.54) is 22.9 Å². The Morgan fingerprint density at radius 2 is 1.93 bits per heavy atom. The molecule has 0 aliphatic heterocycles. The van der Waals surface area contributed by atoms with Crippen LogP contribution in [0, 0.1) is 22.7 Å². The van der Waals surface area contributed by atoms with Gasteiger partial charge in [0.25, 0.3) is 0 Å². The first-order chi connectivity index (χ1) is 19.1. The van der Waals surface area contributed by atoms with Gasteiger partial charge >= 0.3 is 5.97 Å². The normalized spacial score (nSPS) is 23.6. The number of nitriles is 1. The fourth-order valence-electron chi connectivity index (χ4n) is 7.24. The number of nitrogens with one attached hydrogen (secondary N) is 1. The number of carbonyl (C=O) groups excluding carboxylic acids is 2. The summed E-state index contributed by atoms with van der Waals surface area (Å²) in [4.78, 5) is 26.3. The molecule has 1 fully saturated rings. The maximum atomic E-state index is 13.4. The van der Waals surface area contributed by atoms with Crippen LogP contribution in [0.3, 0.4) is 0 Å². The zero-order valence-corrected chi connectivity index (χ0v) is 24.0. The summed E-state index contributed by atoms with van der Waals surface area (Å²) in [7, 11) is 1.49. The average Bonchev–Trinajstić information content (AvgIpc) is 3.40. The van der Waals surface area contributed by atoms with Gasteiger partial charge < -0.3 is 10.1 Å². The molecule has 1 aromatic heterocycles. The van der Waals surface area contributed by atoms with Gasteiger partial charge in [-0.15, -0.1) is 5.10 Å². The molecular weight excluding hydrogens is 502 g/mol. The van der Waals surface area contributed by atoms with Gasteiger partial charge in [-0.1, -0.05) is 56.7 Å². The molecule has 8 nitrogen and oxygen atoms in total. The molecule has 3 aromatic rings. The molecule has 0 saturated heterocycles. The number of rotatable bonds is 6. The summed E-state index contributed by atoms with van der Waals surface area (Å²) in [5, 5.41) is 20.7. The maximum absolute atomic E-state index is 13.4. The number of fused-ring (bicyclic) bond motifs is 3. The van der Waals surface area contributed by atoms with E-state index in [1.54, 1.807) is 18.3 Å². The lowest BCUT2D eigenvalue weighted by atomic mass is 9.49. The highest BCUT2D eigenvalue weighted by atomic mass is 16.5. The van der Waals surface area contributed by atoms with Crippen molar-refractivity contribution in [2.24, 2.45) is 11.3 Å². The van der Waals surface area contributed by atoms with Gasteiger partial charge in [0.05, 0.1) is 30.4 Å². The van der Waals surface area contributed by atoms with Crippen LogP contribution in [0.25, 0.3) is 11.3 Å². The van der Waals surface area contributed by atoms with Gasteiger partial charge in [0.2, 0.25) is 5.91 Å². The Hall–Kier alpha value is -3.99. The first-order valence-corrected chi connectivity index (χ1v) is 14.1. The van der Waals surface area contributed by atoms with Crippen LogP contribution >= 0.6 is 0 Å². The lowest BCUT2D eigenvalue weighted by Crippen LogP contribution is -2.52. The summed E-state index contributed by atoms with van der Waals surface area (Å²) < 4.78 is 6.81. The fourth-order valence-corrected chi connectivity index (χ4v) is 7.24. The standard InChI is InChI=1S/C32H37N5O3/c1-20(2)23-11-13-25-24(12-14-27-31(25,3)15-6-16-32(27,4)30(39)40-5)29(23)34-28(38)19-37-18-26(35-36-37)22-9-7-21(17-33)8-10-22/h7-11,13,18,20,27H,6,12,14-16,19H2,1-5H3,(H,34,38)/t27-,31-,32-/m1/s1. The highest BCUT2D eigenvalue weighted by Crippen LogP contribution is 2.58. The van der Waals surface area contributed by atoms with Crippen LogP contribution < -0.4 is 5.32 Å². The molecule has 3 atom stereocenters. The third-order valence-corrected chi connectivity index (χ3v) is 9.27. The smallest absolute Gasteiger partial charge is 0.311 e. The number of methoxy groups -OCH3 is 1. The number of carbonyl (C=O) groups is 2. The second kappa shape index (κ2) is 10.5. The van der Waals surface area contributed by atoms with Crippen LogP contribution in [0.4, 0.5) is 5.69 Å². The van der Waals surface area contributed by atoms with Crippen LogP contribution in [-0.2, 0) is 32.7 Å². The van der Waals surface area contributed by atoms with E-state index in [-0.39, 0.29) is 35.7 Å². The predicted octanol–water partition coefficient (Wildman–Crippen LogP) is 5.76. The van der Waals surface area contributed by atoms with Gasteiger partial charge in [0, 0.05) is 11.3 Å². The van der Waals surface area contributed by atoms with Crippen molar-refractivity contribution in [3.8, 4) is 17.3 Å². The number of nitrogens with zero attached hydrogens (tertiary/aromatic N) is 4. The Balaban J connectivity index is 1.43. The minimum absolute atomic E-state index is 0.0325. The minimum Gasteiger partial charge on any atom is -0.469 e. The summed E-state index contributed by atoms with van der Waals surface area (Å²) in [6.07, 6.45) is 6.21. The molecule has 2 aromatic carbocycles. The van der Waals surface area contributed by atoms with Crippen LogP contribution in [0.1, 0.15) is 81.5 Å². The Morgan fingerprint density at radius 1 is 1.18 bits per heavy atom. The third kappa shape index (κ3) is 4.68. The lowest BCUT2D eigenvalue weighted by molar-refractivity contribution is -0.161. The fraction of sp³-hybridized carbons (Fsp3) is 0.469. The summed E-state index contributed by atoms with van der Waals surface area (Å²) >= 11 is 0. The highest BCUT2D eigenvalue weighted by molar-refractivity contribution is 5.93. The van der Waals surface area contributed by atoms with Gasteiger partial charge in [-0.05, 0) is 78.7 Å². The number of hydrogen-bond acceptors (Lipinski definition) is 6. The van der Waals surface area contributed by atoms with E-state index >= 15 is 0 Å². The van der Waals surface area contributed by atoms with Crippen molar-refractivity contribution in [2.75, 3.05) is 12.4 Å². The molecule has 0 bridgehead atoms. The largest absolute Gasteiger partial charge is 0.469 e. The topological polar surface area (TPSA) is 110 Å². The monoisotopic (exact) mass is 539 g/mol. The van der Waals surface area contributed by atoms with Crippen LogP contribution in [0.5, 0.6) is 0 Å². The van der Waals surface area contributed by atoms with E-state index in [4.69, 9.17) is 10.00 Å². The molecule has 0 unspecified atom stereocenters. The molecule has 2 aliphatic rings. The molecule has 0 spiro atoms. The Labute approximate surface area is 235 Å². The van der Waals surface area contributed by atoms with Gasteiger partial charge in [-0.2, -0.15) is 5.26 Å². The van der Waals surface area contributed by atoms with E-state index < -0.39 is 5.41 Å². The number of amides is 1. The van der Waals surface area contributed by atoms with Crippen molar-refractivity contribution in [3.05, 3.63) is 64.8 Å². The van der Waals surface area contributed by atoms with E-state index in [0.29, 0.717) is 11.3 Å². The van der Waals surface area contributed by atoms with Crippen LogP contribution in [0.2, 0.25) is 0 Å². The molecule has 8 heteroatoms. The van der Waals surface area contributed by atoms with E-state index in [0.717, 1.165) is 48.9 Å². The van der Waals surface area contributed by atoms with Gasteiger partial charge in [0.15, 0.2) is 0 Å². The third-order valence-electron chi connectivity index (χ3n) is 9.27. The average molecular weight is 540 g/mol. The van der Waals surface area contributed by atoms with E-state index in [9.17, 15) is 9.59 Å². The van der Waals surface area contributed by atoms with Gasteiger partial charge in [-0.25, -0.2) is 4.68 Å². The number of benzene rings is 2. The van der Waals surface area contributed by atoms with E-state index in [2.05, 4.69) is 61.5 Å². The molecule has 2 aliphatic carbocycles. The van der Waals surface area contributed by atoms with Gasteiger partial charge in [-0.3, -0.25) is 9.59 Å². The minimum atomic E-state index is -0.515. The van der Waals surface area contributed by atoms with Crippen molar-refractivity contribution in [1.82, 2.24) is 15.0 Å².